The van der Waals surface area contributed by atoms with Crippen LogP contribution < -0.4 is 5.32 Å². The number of carbonyl (C=O) groups excluding carboxylic acids is 1. The molecule has 0 saturated heterocycles. The number of nitrogens with one attached hydrogen (secondary N) is 2. The SMILES string of the molecule is CC(NC(=O)CSc1ccccc1Cl)c1nn[nH]n1. The van der Waals surface area contributed by atoms with Crippen molar-refractivity contribution in [3.05, 3.63) is 35.1 Å². The Kier molecular flexibility index (Phi) is 4.75. The number of amides is 1. The Morgan fingerprint density at radius 2 is 2.32 bits per heavy atom. The second kappa shape index (κ2) is 6.53. The number of hydrogen-bond donors (Lipinski definition) is 2. The Morgan fingerprint density at radius 3 is 3.00 bits per heavy atom. The Hall–Kier alpha value is -1.60. The lowest BCUT2D eigenvalue weighted by atomic mass is 10.3. The Morgan fingerprint density at radius 1 is 1.53 bits per heavy atom. The molecule has 1 unspecified atom stereocenters. The van der Waals surface area contributed by atoms with Gasteiger partial charge < -0.3 is 5.32 Å². The van der Waals surface area contributed by atoms with E-state index in [1.54, 1.807) is 13.0 Å². The van der Waals surface area contributed by atoms with E-state index in [9.17, 15) is 4.79 Å². The monoisotopic (exact) mass is 297 g/mol. The van der Waals surface area contributed by atoms with Gasteiger partial charge in [0, 0.05) is 4.90 Å². The van der Waals surface area contributed by atoms with E-state index in [4.69, 9.17) is 11.6 Å². The molecule has 2 rings (SSSR count). The van der Waals surface area contributed by atoms with Crippen molar-refractivity contribution >= 4 is 29.3 Å². The van der Waals surface area contributed by atoms with Gasteiger partial charge in [-0.2, -0.15) is 5.21 Å². The number of H-pyrrole nitrogens is 1. The lowest BCUT2D eigenvalue weighted by Gasteiger charge is -2.10. The van der Waals surface area contributed by atoms with Crippen molar-refractivity contribution in [2.24, 2.45) is 0 Å². The predicted octanol–water partition coefficient (Wildman–Crippen LogP) is 1.82. The van der Waals surface area contributed by atoms with Gasteiger partial charge >= 0.3 is 0 Å². The van der Waals surface area contributed by atoms with Gasteiger partial charge in [-0.3, -0.25) is 4.79 Å². The summed E-state index contributed by atoms with van der Waals surface area (Å²) in [5, 5.41) is 16.8. The second-order valence-corrected chi connectivity index (χ2v) is 5.20. The third-order valence-corrected chi connectivity index (χ3v) is 3.84. The van der Waals surface area contributed by atoms with E-state index >= 15 is 0 Å². The van der Waals surface area contributed by atoms with Crippen LogP contribution in [0, 0.1) is 0 Å². The molecule has 0 aliphatic rings. The van der Waals surface area contributed by atoms with Gasteiger partial charge in [0.05, 0.1) is 16.8 Å². The van der Waals surface area contributed by atoms with E-state index < -0.39 is 0 Å². The highest BCUT2D eigenvalue weighted by Crippen LogP contribution is 2.26. The van der Waals surface area contributed by atoms with E-state index in [2.05, 4.69) is 25.9 Å². The normalized spacial score (nSPS) is 12.1. The van der Waals surface area contributed by atoms with Crippen LogP contribution in [0.1, 0.15) is 18.8 Å². The van der Waals surface area contributed by atoms with Crippen LogP contribution in [0.25, 0.3) is 0 Å². The number of nitrogens with zero attached hydrogens (tertiary/aromatic N) is 3. The lowest BCUT2D eigenvalue weighted by Crippen LogP contribution is -2.28. The van der Waals surface area contributed by atoms with Crippen molar-refractivity contribution in [2.75, 3.05) is 5.75 Å². The number of hydrogen-bond acceptors (Lipinski definition) is 5. The topological polar surface area (TPSA) is 83.6 Å². The first-order valence-corrected chi connectivity index (χ1v) is 6.93. The first-order chi connectivity index (χ1) is 9.16. The summed E-state index contributed by atoms with van der Waals surface area (Å²) in [6.07, 6.45) is 0. The first-order valence-electron chi connectivity index (χ1n) is 5.57. The molecule has 1 aromatic carbocycles. The Bertz CT molecular complexity index is 548. The van der Waals surface area contributed by atoms with Crippen molar-refractivity contribution in [1.29, 1.82) is 0 Å². The average Bonchev–Trinajstić information content (AvgIpc) is 2.91. The van der Waals surface area contributed by atoms with Gasteiger partial charge in [0.15, 0.2) is 5.82 Å². The number of aromatic nitrogens is 4. The van der Waals surface area contributed by atoms with Crippen molar-refractivity contribution in [2.45, 2.75) is 17.9 Å². The molecule has 1 amide bonds. The molecule has 0 fully saturated rings. The molecule has 2 aromatic rings. The second-order valence-electron chi connectivity index (χ2n) is 3.78. The number of rotatable bonds is 5. The zero-order chi connectivity index (χ0) is 13.7. The average molecular weight is 298 g/mol. The molecular formula is C11H12ClN5OS. The van der Waals surface area contributed by atoms with Crippen molar-refractivity contribution in [3.63, 3.8) is 0 Å². The molecule has 0 spiro atoms. The summed E-state index contributed by atoms with van der Waals surface area (Å²) in [5.74, 6) is 0.629. The molecule has 1 aromatic heterocycles. The standard InChI is InChI=1S/C11H12ClN5OS/c1-7(11-14-16-17-15-11)13-10(18)6-19-9-5-3-2-4-8(9)12/h2-5,7H,6H2,1H3,(H,13,18)(H,14,15,16,17). The Labute approximate surface area is 119 Å². The van der Waals surface area contributed by atoms with E-state index in [-0.39, 0.29) is 17.7 Å². The van der Waals surface area contributed by atoms with Crippen LogP contribution in [-0.4, -0.2) is 32.3 Å². The molecule has 19 heavy (non-hydrogen) atoms. The number of carbonyl (C=O) groups is 1. The minimum atomic E-state index is -0.280. The molecule has 0 radical (unpaired) electrons. The first kappa shape index (κ1) is 13.8. The van der Waals surface area contributed by atoms with Crippen LogP contribution in [0.15, 0.2) is 29.2 Å². The fourth-order valence-corrected chi connectivity index (χ4v) is 2.46. The summed E-state index contributed by atoms with van der Waals surface area (Å²) < 4.78 is 0. The lowest BCUT2D eigenvalue weighted by molar-refractivity contribution is -0.119. The van der Waals surface area contributed by atoms with Gasteiger partial charge in [0.25, 0.3) is 0 Å². The van der Waals surface area contributed by atoms with E-state index in [1.807, 2.05) is 18.2 Å². The van der Waals surface area contributed by atoms with Crippen molar-refractivity contribution < 1.29 is 4.79 Å². The van der Waals surface area contributed by atoms with Crippen molar-refractivity contribution in [1.82, 2.24) is 25.9 Å². The molecule has 1 heterocycles. The van der Waals surface area contributed by atoms with Crippen LogP contribution in [0.5, 0.6) is 0 Å². The van der Waals surface area contributed by atoms with Gasteiger partial charge in [-0.05, 0) is 19.1 Å². The molecule has 0 saturated carbocycles. The summed E-state index contributed by atoms with van der Waals surface area (Å²) in [5.41, 5.74) is 0. The minimum absolute atomic E-state index is 0.109. The van der Waals surface area contributed by atoms with Gasteiger partial charge in [-0.1, -0.05) is 28.9 Å². The zero-order valence-corrected chi connectivity index (χ0v) is 11.7. The molecule has 2 N–H and O–H groups in total. The Balaban J connectivity index is 1.84. The molecular weight excluding hydrogens is 286 g/mol. The third-order valence-electron chi connectivity index (χ3n) is 2.32. The predicted molar refractivity (Wildman–Crippen MR) is 72.9 cm³/mol. The van der Waals surface area contributed by atoms with E-state index in [0.717, 1.165) is 4.90 Å². The third kappa shape index (κ3) is 3.93. The maximum Gasteiger partial charge on any atom is 0.230 e. The maximum absolute atomic E-state index is 11.8. The number of tetrazole rings is 1. The molecule has 0 aliphatic carbocycles. The summed E-state index contributed by atoms with van der Waals surface area (Å²) in [6.45, 7) is 1.79. The minimum Gasteiger partial charge on any atom is -0.345 e. The molecule has 0 aliphatic heterocycles. The van der Waals surface area contributed by atoms with Crippen molar-refractivity contribution in [3.8, 4) is 0 Å². The van der Waals surface area contributed by atoms with Gasteiger partial charge in [0.1, 0.15) is 0 Å². The maximum atomic E-state index is 11.8. The molecule has 0 bridgehead atoms. The molecule has 1 atom stereocenters. The number of benzene rings is 1. The van der Waals surface area contributed by atoms with Crippen LogP contribution in [-0.2, 0) is 4.79 Å². The quantitative estimate of drug-likeness (QED) is 0.823. The summed E-state index contributed by atoms with van der Waals surface area (Å²) in [4.78, 5) is 12.7. The highest BCUT2D eigenvalue weighted by molar-refractivity contribution is 8.00. The number of aromatic amines is 1. The molecule has 100 valence electrons. The van der Waals surface area contributed by atoms with Gasteiger partial charge in [0.2, 0.25) is 5.91 Å². The fraction of sp³-hybridized carbons (Fsp3) is 0.273. The summed E-state index contributed by atoms with van der Waals surface area (Å²) >= 11 is 7.40. The molecule has 8 heteroatoms. The summed E-state index contributed by atoms with van der Waals surface area (Å²) in [6, 6.07) is 7.13. The van der Waals surface area contributed by atoms with Gasteiger partial charge in [-0.15, -0.1) is 22.0 Å². The van der Waals surface area contributed by atoms with E-state index in [0.29, 0.717) is 10.8 Å². The molecule has 6 nitrogen and oxygen atoms in total. The largest absolute Gasteiger partial charge is 0.345 e. The van der Waals surface area contributed by atoms with Crippen LogP contribution in [0.3, 0.4) is 0 Å². The highest BCUT2D eigenvalue weighted by atomic mass is 35.5. The van der Waals surface area contributed by atoms with Crippen LogP contribution in [0.4, 0.5) is 0 Å². The van der Waals surface area contributed by atoms with Crippen LogP contribution in [0.2, 0.25) is 5.02 Å². The number of thioether (sulfide) groups is 1. The highest BCUT2D eigenvalue weighted by Gasteiger charge is 2.13. The van der Waals surface area contributed by atoms with Gasteiger partial charge in [-0.25, -0.2) is 0 Å². The number of halogens is 1. The van der Waals surface area contributed by atoms with E-state index in [1.165, 1.54) is 11.8 Å². The van der Waals surface area contributed by atoms with Crippen LogP contribution >= 0.6 is 23.4 Å². The zero-order valence-electron chi connectivity index (χ0n) is 10.1. The fourth-order valence-electron chi connectivity index (χ4n) is 1.41. The summed E-state index contributed by atoms with van der Waals surface area (Å²) in [7, 11) is 0. The smallest absolute Gasteiger partial charge is 0.230 e.